The Morgan fingerprint density at radius 2 is 1.61 bits per heavy atom. The zero-order valence-electron chi connectivity index (χ0n) is 22.4. The summed E-state index contributed by atoms with van der Waals surface area (Å²) in [5.41, 5.74) is 1.68. The number of ether oxygens (including phenoxy) is 3. The molecule has 1 aliphatic rings. The van der Waals surface area contributed by atoms with Gasteiger partial charge in [-0.15, -0.1) is 0 Å². The van der Waals surface area contributed by atoms with E-state index in [9.17, 15) is 9.90 Å². The van der Waals surface area contributed by atoms with E-state index in [0.29, 0.717) is 54.8 Å². The Labute approximate surface area is 236 Å². The van der Waals surface area contributed by atoms with Crippen LogP contribution in [-0.4, -0.2) is 57.1 Å². The van der Waals surface area contributed by atoms with E-state index in [1.54, 1.807) is 19.4 Å². The van der Waals surface area contributed by atoms with Crippen LogP contribution < -0.4 is 19.5 Å². The predicted octanol–water partition coefficient (Wildman–Crippen LogP) is 6.24. The Morgan fingerprint density at radius 3 is 2.29 bits per heavy atom. The maximum atomic E-state index is 11.5. The lowest BCUT2D eigenvalue weighted by molar-refractivity contribution is 0.155. The Kier molecular flexibility index (Phi) is 7.27. The zero-order chi connectivity index (χ0) is 28.2. The summed E-state index contributed by atoms with van der Waals surface area (Å²) in [4.78, 5) is 17.5. The summed E-state index contributed by atoms with van der Waals surface area (Å²) in [6, 6.07) is 26.5. The first kappa shape index (κ1) is 26.0. The molecule has 6 rings (SSSR count). The molecule has 41 heavy (non-hydrogen) atoms. The second kappa shape index (κ2) is 11.5. The van der Waals surface area contributed by atoms with Crippen LogP contribution in [0.3, 0.4) is 0 Å². The van der Waals surface area contributed by atoms with Crippen LogP contribution in [0.2, 0.25) is 0 Å². The van der Waals surface area contributed by atoms with Gasteiger partial charge in [-0.25, -0.2) is 14.5 Å². The van der Waals surface area contributed by atoms with Gasteiger partial charge >= 0.3 is 6.09 Å². The molecule has 0 radical (unpaired) electrons. The molecule has 1 saturated heterocycles. The van der Waals surface area contributed by atoms with Gasteiger partial charge in [0.2, 0.25) is 0 Å². The van der Waals surface area contributed by atoms with Gasteiger partial charge in [-0.1, -0.05) is 30.3 Å². The summed E-state index contributed by atoms with van der Waals surface area (Å²) in [6.45, 7) is 1.33. The molecule has 0 saturated carbocycles. The van der Waals surface area contributed by atoms with Crippen molar-refractivity contribution in [3.05, 3.63) is 96.7 Å². The number of nitrogens with one attached hydrogen (secondary N) is 1. The molecule has 0 spiro atoms. The number of methoxy groups -OCH3 is 1. The van der Waals surface area contributed by atoms with Gasteiger partial charge in [0.25, 0.3) is 0 Å². The third kappa shape index (κ3) is 5.86. The summed E-state index contributed by atoms with van der Waals surface area (Å²) in [5, 5.41) is 18.5. The van der Waals surface area contributed by atoms with E-state index >= 15 is 0 Å². The first-order valence-electron chi connectivity index (χ1n) is 13.3. The zero-order valence-corrected chi connectivity index (χ0v) is 22.4. The molecule has 2 N–H and O–H groups in total. The number of amides is 1. The number of carboxylic acid groups (broad SMARTS) is 1. The van der Waals surface area contributed by atoms with Gasteiger partial charge in [0.1, 0.15) is 34.1 Å². The lowest BCUT2D eigenvalue weighted by atomic mass is 10.2. The van der Waals surface area contributed by atoms with Gasteiger partial charge in [-0.2, -0.15) is 5.10 Å². The highest BCUT2D eigenvalue weighted by Crippen LogP contribution is 2.36. The van der Waals surface area contributed by atoms with Crippen LogP contribution >= 0.6 is 0 Å². The fourth-order valence-corrected chi connectivity index (χ4v) is 4.84. The van der Waals surface area contributed by atoms with E-state index in [-0.39, 0.29) is 6.04 Å². The fraction of sp³-hybridized carbons (Fsp3) is 0.194. The van der Waals surface area contributed by atoms with Crippen molar-refractivity contribution in [2.75, 3.05) is 25.5 Å². The fourth-order valence-electron chi connectivity index (χ4n) is 4.84. The van der Waals surface area contributed by atoms with Crippen molar-refractivity contribution in [1.82, 2.24) is 19.7 Å². The van der Waals surface area contributed by atoms with Gasteiger partial charge in [0.05, 0.1) is 13.7 Å². The number of hydrogen-bond donors (Lipinski definition) is 2. The van der Waals surface area contributed by atoms with Crippen LogP contribution in [-0.2, 0) is 6.54 Å². The minimum absolute atomic E-state index is 0.0823. The Morgan fingerprint density at radius 1 is 0.927 bits per heavy atom. The lowest BCUT2D eigenvalue weighted by Crippen LogP contribution is -2.30. The van der Waals surface area contributed by atoms with E-state index in [1.807, 2.05) is 83.5 Å². The minimum atomic E-state index is -0.922. The molecular weight excluding hydrogens is 522 g/mol. The molecular formula is C31H29N5O5. The molecule has 3 heterocycles. The standard InChI is InChI=1S/C31H29N5O5/c1-39-23-9-7-21(8-10-23)19-36-30-28(29(34-36)33-22-16-18-35(20-22)31(37)38)27(15-17-32-30)41-26-13-11-25(12-14-26)40-24-5-3-2-4-6-24/h2-15,17,22H,16,18-20H2,1H3,(H,33,34)(H,37,38). The van der Waals surface area contributed by atoms with Gasteiger partial charge in [-0.05, 0) is 60.5 Å². The number of hydrogen-bond acceptors (Lipinski definition) is 7. The van der Waals surface area contributed by atoms with Crippen LogP contribution in [0.5, 0.6) is 28.7 Å². The van der Waals surface area contributed by atoms with Crippen molar-refractivity contribution >= 4 is 22.9 Å². The number of fused-ring (bicyclic) bond motifs is 1. The van der Waals surface area contributed by atoms with E-state index in [0.717, 1.165) is 22.4 Å². The molecule has 208 valence electrons. The van der Waals surface area contributed by atoms with Crippen molar-refractivity contribution in [2.45, 2.75) is 19.0 Å². The minimum Gasteiger partial charge on any atom is -0.497 e. The van der Waals surface area contributed by atoms with Crippen LogP contribution in [0.15, 0.2) is 91.1 Å². The summed E-state index contributed by atoms with van der Waals surface area (Å²) in [7, 11) is 1.64. The molecule has 1 aliphatic heterocycles. The average Bonchev–Trinajstić information content (AvgIpc) is 3.61. The second-order valence-corrected chi connectivity index (χ2v) is 9.71. The van der Waals surface area contributed by atoms with Gasteiger partial charge in [0.15, 0.2) is 11.5 Å². The average molecular weight is 552 g/mol. The third-order valence-corrected chi connectivity index (χ3v) is 6.92. The van der Waals surface area contributed by atoms with Gasteiger partial charge in [0, 0.05) is 31.4 Å². The number of rotatable bonds is 9. The maximum Gasteiger partial charge on any atom is 0.407 e. The SMILES string of the molecule is COc1ccc(Cn2nc(NC3CCN(C(=O)O)C3)c3c(Oc4ccc(Oc5ccccc5)cc4)ccnc32)cc1. The summed E-state index contributed by atoms with van der Waals surface area (Å²) in [5.74, 6) is 4.04. The Hall–Kier alpha value is -5.25. The van der Waals surface area contributed by atoms with Gasteiger partial charge in [-0.3, -0.25) is 0 Å². The smallest absolute Gasteiger partial charge is 0.407 e. The molecule has 0 aliphatic carbocycles. The van der Waals surface area contributed by atoms with E-state index in [2.05, 4.69) is 10.3 Å². The van der Waals surface area contributed by atoms with Crippen LogP contribution in [0, 0.1) is 0 Å². The number of aromatic nitrogens is 3. The Balaban J connectivity index is 1.30. The maximum absolute atomic E-state index is 11.5. The van der Waals surface area contributed by atoms with Crippen LogP contribution in [0.1, 0.15) is 12.0 Å². The highest BCUT2D eigenvalue weighted by Gasteiger charge is 2.28. The third-order valence-electron chi connectivity index (χ3n) is 6.92. The molecule has 3 aromatic carbocycles. The Bertz CT molecular complexity index is 1640. The number of nitrogens with zero attached hydrogens (tertiary/aromatic N) is 4. The van der Waals surface area contributed by atoms with Crippen molar-refractivity contribution in [2.24, 2.45) is 0 Å². The number of likely N-dealkylation sites (tertiary alicyclic amines) is 1. The van der Waals surface area contributed by atoms with Crippen molar-refractivity contribution in [3.8, 4) is 28.7 Å². The number of pyridine rings is 1. The highest BCUT2D eigenvalue weighted by molar-refractivity contribution is 5.93. The lowest BCUT2D eigenvalue weighted by Gasteiger charge is -2.14. The summed E-state index contributed by atoms with van der Waals surface area (Å²) < 4.78 is 19.4. The normalized spacial score (nSPS) is 14.7. The first-order valence-corrected chi connectivity index (χ1v) is 13.3. The molecule has 5 aromatic rings. The van der Waals surface area contributed by atoms with Crippen molar-refractivity contribution in [3.63, 3.8) is 0 Å². The summed E-state index contributed by atoms with van der Waals surface area (Å²) in [6.07, 6.45) is 1.45. The molecule has 1 fully saturated rings. The first-order chi connectivity index (χ1) is 20.1. The molecule has 1 atom stereocenters. The molecule has 10 heteroatoms. The molecule has 2 aromatic heterocycles. The highest BCUT2D eigenvalue weighted by atomic mass is 16.5. The van der Waals surface area contributed by atoms with Crippen molar-refractivity contribution in [1.29, 1.82) is 0 Å². The molecule has 0 bridgehead atoms. The number of carbonyl (C=O) groups is 1. The molecule has 1 unspecified atom stereocenters. The number of benzene rings is 3. The van der Waals surface area contributed by atoms with Crippen molar-refractivity contribution < 1.29 is 24.1 Å². The largest absolute Gasteiger partial charge is 0.497 e. The van der Waals surface area contributed by atoms with Gasteiger partial charge < -0.3 is 29.5 Å². The predicted molar refractivity (Wildman–Crippen MR) is 154 cm³/mol. The second-order valence-electron chi connectivity index (χ2n) is 9.71. The number of anilines is 1. The van der Waals surface area contributed by atoms with E-state index < -0.39 is 6.09 Å². The van der Waals surface area contributed by atoms with Crippen LogP contribution in [0.4, 0.5) is 10.6 Å². The van der Waals surface area contributed by atoms with E-state index in [1.165, 1.54) is 4.90 Å². The molecule has 1 amide bonds. The summed E-state index contributed by atoms with van der Waals surface area (Å²) >= 11 is 0. The monoisotopic (exact) mass is 551 g/mol. The topological polar surface area (TPSA) is 111 Å². The quantitative estimate of drug-likeness (QED) is 0.222. The number of para-hydroxylation sites is 1. The molecule has 10 nitrogen and oxygen atoms in total. The van der Waals surface area contributed by atoms with E-state index in [4.69, 9.17) is 19.3 Å². The van der Waals surface area contributed by atoms with Crippen LogP contribution in [0.25, 0.3) is 11.0 Å².